The van der Waals surface area contributed by atoms with Gasteiger partial charge in [0.2, 0.25) is 0 Å². The lowest BCUT2D eigenvalue weighted by Gasteiger charge is -2.16. The average molecular weight is 1350 g/mol. The molecule has 0 saturated heterocycles. The Morgan fingerprint density at radius 2 is 0.333 bits per heavy atom. The van der Waals surface area contributed by atoms with Gasteiger partial charge >= 0.3 is 71.6 Å². The highest BCUT2D eigenvalue weighted by Crippen LogP contribution is 2.40. The topological polar surface area (TPSA) is 371 Å². The summed E-state index contributed by atoms with van der Waals surface area (Å²) in [4.78, 5) is 154. The van der Waals surface area contributed by atoms with Crippen LogP contribution >= 0.6 is 0 Å². The van der Waals surface area contributed by atoms with Crippen molar-refractivity contribution in [2.24, 2.45) is 0 Å². The summed E-state index contributed by atoms with van der Waals surface area (Å²) in [5, 5.41) is 0. The van der Waals surface area contributed by atoms with Crippen LogP contribution in [0.1, 0.15) is 116 Å². The Balaban J connectivity index is 2.00. The molecule has 0 radical (unpaired) electrons. The predicted molar refractivity (Wildman–Crippen MR) is 327 cm³/mol. The second-order valence-electron chi connectivity index (χ2n) is 20.4. The number of hydrogen-bond donors (Lipinski definition) is 0. The highest BCUT2D eigenvalue weighted by atomic mass is 16.7. The molecule has 0 amide bonds. The smallest absolute Gasteiger partial charge is 0.311 e. The van der Waals surface area contributed by atoms with E-state index in [0.717, 1.165) is 0 Å². The van der Waals surface area contributed by atoms with Crippen molar-refractivity contribution in [1.29, 1.82) is 0 Å². The number of carbonyl (C=O) groups excluding carboxylic acids is 12. The van der Waals surface area contributed by atoms with Crippen molar-refractivity contribution in [1.82, 2.24) is 0 Å². The van der Waals surface area contributed by atoms with Gasteiger partial charge in [0.05, 0.1) is 0 Å². The van der Waals surface area contributed by atoms with E-state index < -0.39 is 71.6 Å². The SMILES string of the molecule is COCOC(=O)CCCC(=O)Oc1cc(OC(=O)CCCC(=O)OCOC)cc(-c2cc(-c3cc(OC(=O)CCCC(=O)OCOC)cc(OC(=O)CCCC(=O)OCOC)c3)cc(-c3cc(OC(=O)CCCC(=O)OCOC)cc(OC(=O)CCCC(=O)OCOC)c3)c2)c1. The van der Waals surface area contributed by atoms with E-state index in [1.807, 2.05) is 0 Å². The minimum atomic E-state index is -0.816. The van der Waals surface area contributed by atoms with E-state index in [1.165, 1.54) is 97.3 Å². The number of hydrogen-bond acceptors (Lipinski definition) is 30. The molecule has 4 aromatic rings. The van der Waals surface area contributed by atoms with Crippen LogP contribution in [0, 0.1) is 0 Å². The summed E-state index contributed by atoms with van der Waals surface area (Å²) < 4.78 is 92.9. The fraction of sp³-hybridized carbons (Fsp3) is 0.455. The van der Waals surface area contributed by atoms with Crippen LogP contribution in [0.2, 0.25) is 0 Å². The fourth-order valence-corrected chi connectivity index (χ4v) is 8.23. The number of esters is 12. The maximum absolute atomic E-state index is 13.5. The molecule has 4 aromatic carbocycles. The molecule has 0 aliphatic heterocycles. The lowest BCUT2D eigenvalue weighted by molar-refractivity contribution is -0.155. The van der Waals surface area contributed by atoms with Crippen LogP contribution in [0.5, 0.6) is 34.5 Å². The van der Waals surface area contributed by atoms with Gasteiger partial charge in [-0.1, -0.05) is 0 Å². The van der Waals surface area contributed by atoms with E-state index in [-0.39, 0.29) is 224 Å². The molecular weight excluding hydrogens is 1270 g/mol. The standard InChI is InChI=1S/C66H78O30/c1-79-37-85-55(67)13-7-19-61(73)91-49-28-46(29-50(34-49)92-62(74)20-8-14-56(68)86-38-80-2)43-25-44(47-30-51(93-63(75)21-9-15-57(69)87-39-81-3)35-52(31-47)94-64(76)22-10-16-58(70)88-40-82-4)27-45(26-43)48-32-53(95-65(77)23-11-17-59(71)89-41-83-5)36-54(33-48)96-66(78)24-12-18-60(72)90-42-84-6/h25-36H,7-24,37-42H2,1-6H3. The molecule has 30 nitrogen and oxygen atoms in total. The van der Waals surface area contributed by atoms with Crippen molar-refractivity contribution in [3.63, 3.8) is 0 Å². The van der Waals surface area contributed by atoms with E-state index in [2.05, 4.69) is 0 Å². The lowest BCUT2D eigenvalue weighted by atomic mass is 9.92. The normalized spacial score (nSPS) is 10.7. The van der Waals surface area contributed by atoms with E-state index in [4.69, 9.17) is 85.3 Å². The summed E-state index contributed by atoms with van der Waals surface area (Å²) in [6, 6.07) is 17.0. The van der Waals surface area contributed by atoms with E-state index in [9.17, 15) is 57.5 Å². The van der Waals surface area contributed by atoms with Gasteiger partial charge in [-0.05, 0) is 127 Å². The molecule has 522 valence electrons. The molecule has 30 heteroatoms. The molecule has 0 fully saturated rings. The Kier molecular flexibility index (Phi) is 36.7. The van der Waals surface area contributed by atoms with E-state index in [0.29, 0.717) is 0 Å². The van der Waals surface area contributed by atoms with Crippen LogP contribution in [-0.2, 0) is 114 Å². The van der Waals surface area contributed by atoms with Crippen molar-refractivity contribution in [2.75, 3.05) is 83.4 Å². The van der Waals surface area contributed by atoms with Crippen LogP contribution in [-0.4, -0.2) is 155 Å². The molecule has 4 rings (SSSR count). The first kappa shape index (κ1) is 78.7. The third kappa shape index (κ3) is 32.4. The summed E-state index contributed by atoms with van der Waals surface area (Å²) in [6.07, 6.45) is -2.76. The van der Waals surface area contributed by atoms with Gasteiger partial charge in [0.25, 0.3) is 0 Å². The first-order valence-corrected chi connectivity index (χ1v) is 30.0. The molecule has 0 saturated carbocycles. The molecule has 0 aliphatic carbocycles. The Hall–Kier alpha value is -9.72. The molecule has 0 aliphatic rings. The third-order valence-corrected chi connectivity index (χ3v) is 12.6. The average Bonchev–Trinajstić information content (AvgIpc) is 0.791. The van der Waals surface area contributed by atoms with Crippen molar-refractivity contribution in [3.05, 3.63) is 72.8 Å². The summed E-state index contributed by atoms with van der Waals surface area (Å²) in [5.74, 6) is -9.74. The molecule has 0 spiro atoms. The lowest BCUT2D eigenvalue weighted by Crippen LogP contribution is -2.12. The van der Waals surface area contributed by atoms with Crippen LogP contribution in [0.3, 0.4) is 0 Å². The predicted octanol–water partition coefficient (Wildman–Crippen LogP) is 8.02. The molecule has 0 unspecified atom stereocenters. The monoisotopic (exact) mass is 1350 g/mol. The molecular formula is C66H78O30. The highest BCUT2D eigenvalue weighted by molar-refractivity contribution is 5.87. The zero-order valence-electron chi connectivity index (χ0n) is 54.1. The summed E-state index contributed by atoms with van der Waals surface area (Å²) in [6.45, 7) is -1.83. The number of ether oxygens (including phenoxy) is 18. The second-order valence-corrected chi connectivity index (χ2v) is 20.4. The van der Waals surface area contributed by atoms with Crippen LogP contribution in [0.4, 0.5) is 0 Å². The summed E-state index contributed by atoms with van der Waals surface area (Å²) in [5.41, 5.74) is 1.26. The first-order chi connectivity index (χ1) is 46.2. The number of methoxy groups -OCH3 is 6. The molecule has 0 atom stereocenters. The largest absolute Gasteiger partial charge is 0.438 e. The van der Waals surface area contributed by atoms with Crippen molar-refractivity contribution in [2.45, 2.75) is 116 Å². The summed E-state index contributed by atoms with van der Waals surface area (Å²) >= 11 is 0. The van der Waals surface area contributed by atoms with Crippen molar-refractivity contribution < 1.29 is 143 Å². The van der Waals surface area contributed by atoms with Gasteiger partial charge in [-0.2, -0.15) is 0 Å². The van der Waals surface area contributed by atoms with Gasteiger partial charge in [0.1, 0.15) is 34.5 Å². The summed E-state index contributed by atoms with van der Waals surface area (Å²) in [7, 11) is 7.97. The van der Waals surface area contributed by atoms with Gasteiger partial charge < -0.3 is 85.3 Å². The van der Waals surface area contributed by atoms with Gasteiger partial charge in [-0.25, -0.2) is 0 Å². The Bertz CT molecular complexity index is 2740. The van der Waals surface area contributed by atoms with Gasteiger partial charge in [-0.3, -0.25) is 57.5 Å². The Morgan fingerprint density at radius 3 is 0.479 bits per heavy atom. The number of rotatable bonds is 45. The zero-order valence-corrected chi connectivity index (χ0v) is 54.1. The fourth-order valence-electron chi connectivity index (χ4n) is 8.23. The maximum Gasteiger partial charge on any atom is 0.311 e. The van der Waals surface area contributed by atoms with E-state index in [1.54, 1.807) is 18.2 Å². The molecule has 0 aromatic heterocycles. The van der Waals surface area contributed by atoms with Crippen LogP contribution < -0.4 is 28.4 Å². The number of benzene rings is 4. The van der Waals surface area contributed by atoms with Crippen LogP contribution in [0.25, 0.3) is 33.4 Å². The zero-order chi connectivity index (χ0) is 70.0. The van der Waals surface area contributed by atoms with Crippen molar-refractivity contribution in [3.8, 4) is 67.9 Å². The maximum atomic E-state index is 13.5. The van der Waals surface area contributed by atoms with Gasteiger partial charge in [-0.15, -0.1) is 0 Å². The van der Waals surface area contributed by atoms with Gasteiger partial charge in [0, 0.05) is 138 Å². The minimum Gasteiger partial charge on any atom is -0.438 e. The first-order valence-electron chi connectivity index (χ1n) is 30.0. The Labute approximate surface area is 552 Å². The number of carbonyl (C=O) groups is 12. The molecule has 0 bridgehead atoms. The second kappa shape index (κ2) is 44.8. The molecule has 0 N–H and O–H groups in total. The minimum absolute atomic E-state index is 0.00144. The van der Waals surface area contributed by atoms with Crippen LogP contribution in [0.15, 0.2) is 72.8 Å². The quantitative estimate of drug-likeness (QED) is 0.0175. The van der Waals surface area contributed by atoms with E-state index >= 15 is 0 Å². The Morgan fingerprint density at radius 1 is 0.198 bits per heavy atom. The molecule has 96 heavy (non-hydrogen) atoms. The van der Waals surface area contributed by atoms with Gasteiger partial charge in [0.15, 0.2) is 40.8 Å². The van der Waals surface area contributed by atoms with Crippen molar-refractivity contribution >= 4 is 71.6 Å². The highest BCUT2D eigenvalue weighted by Gasteiger charge is 2.21. The molecule has 0 heterocycles. The third-order valence-electron chi connectivity index (χ3n) is 12.6.